The van der Waals surface area contributed by atoms with Crippen molar-refractivity contribution in [3.8, 4) is 5.75 Å². The molecule has 0 N–H and O–H groups in total. The lowest BCUT2D eigenvalue weighted by atomic mass is 10.1. The van der Waals surface area contributed by atoms with Gasteiger partial charge in [-0.1, -0.05) is 6.07 Å². The molecule has 2 aromatic carbocycles. The van der Waals surface area contributed by atoms with Gasteiger partial charge < -0.3 is 14.2 Å². The lowest BCUT2D eigenvalue weighted by molar-refractivity contribution is 0.0774. The fraction of sp³-hybridized carbons (Fsp3) is 0.348. The first kappa shape index (κ1) is 20.6. The van der Waals surface area contributed by atoms with Crippen LogP contribution in [-0.4, -0.2) is 40.6 Å². The normalized spacial score (nSPS) is 10.9. The number of likely N-dealkylation sites (N-methyl/N-ethyl adjacent to an activating group) is 1. The van der Waals surface area contributed by atoms with Crippen molar-refractivity contribution in [2.45, 2.75) is 34.2 Å². The van der Waals surface area contributed by atoms with E-state index in [-0.39, 0.29) is 11.5 Å². The summed E-state index contributed by atoms with van der Waals surface area (Å²) in [4.78, 5) is 31.1. The van der Waals surface area contributed by atoms with Crippen molar-refractivity contribution in [1.29, 1.82) is 0 Å². The van der Waals surface area contributed by atoms with Crippen LogP contribution in [0.3, 0.4) is 0 Å². The average Bonchev–Trinajstić information content (AvgIpc) is 2.67. The Kier molecular flexibility index (Phi) is 6.01. The molecule has 1 amide bonds. The molecular weight excluding hydrogens is 366 g/mol. The van der Waals surface area contributed by atoms with Crippen molar-refractivity contribution in [1.82, 2.24) is 14.5 Å². The molecule has 0 saturated carbocycles. The van der Waals surface area contributed by atoms with E-state index < -0.39 is 0 Å². The molecule has 1 heterocycles. The first-order valence-electron chi connectivity index (χ1n) is 9.78. The molecule has 0 unspecified atom stereocenters. The van der Waals surface area contributed by atoms with Crippen molar-refractivity contribution < 1.29 is 9.53 Å². The number of benzene rings is 2. The summed E-state index contributed by atoms with van der Waals surface area (Å²) < 4.78 is 7.48. The van der Waals surface area contributed by atoms with Gasteiger partial charge in [-0.25, -0.2) is 4.98 Å². The molecular formula is C23H27N3O3. The fourth-order valence-corrected chi connectivity index (χ4v) is 3.46. The highest BCUT2D eigenvalue weighted by Gasteiger charge is 2.14. The molecule has 0 spiro atoms. The van der Waals surface area contributed by atoms with Crippen LogP contribution < -0.4 is 10.3 Å². The highest BCUT2D eigenvalue weighted by Crippen LogP contribution is 2.17. The van der Waals surface area contributed by atoms with Crippen LogP contribution in [0.1, 0.15) is 34.1 Å². The summed E-state index contributed by atoms with van der Waals surface area (Å²) in [5.74, 6) is 0.705. The highest BCUT2D eigenvalue weighted by molar-refractivity contribution is 5.97. The molecule has 6 heteroatoms. The Balaban J connectivity index is 1.72. The Morgan fingerprint density at radius 1 is 1.10 bits per heavy atom. The van der Waals surface area contributed by atoms with Gasteiger partial charge in [0.2, 0.25) is 0 Å². The summed E-state index contributed by atoms with van der Waals surface area (Å²) in [6, 6.07) is 11.3. The minimum absolute atomic E-state index is 0.0975. The summed E-state index contributed by atoms with van der Waals surface area (Å²) in [6.45, 7) is 9.10. The topological polar surface area (TPSA) is 64.4 Å². The van der Waals surface area contributed by atoms with Crippen molar-refractivity contribution in [3.05, 3.63) is 69.1 Å². The zero-order valence-corrected chi connectivity index (χ0v) is 17.7. The van der Waals surface area contributed by atoms with Gasteiger partial charge in [-0.3, -0.25) is 9.59 Å². The molecule has 3 rings (SSSR count). The monoisotopic (exact) mass is 393 g/mol. The molecule has 0 radical (unpaired) electrons. The number of nitrogens with zero attached hydrogens (tertiary/aromatic N) is 3. The zero-order chi connectivity index (χ0) is 21.1. The summed E-state index contributed by atoms with van der Waals surface area (Å²) in [6.07, 6.45) is 0. The summed E-state index contributed by atoms with van der Waals surface area (Å²) in [5.41, 5.74) is 4.55. The number of hydrogen-bond donors (Lipinski definition) is 0. The third-order valence-corrected chi connectivity index (χ3v) is 4.91. The zero-order valence-electron chi connectivity index (χ0n) is 17.7. The van der Waals surface area contributed by atoms with Gasteiger partial charge in [0.25, 0.3) is 11.5 Å². The van der Waals surface area contributed by atoms with Crippen LogP contribution >= 0.6 is 0 Å². The van der Waals surface area contributed by atoms with Crippen molar-refractivity contribution in [2.75, 3.05) is 20.2 Å². The number of hydrogen-bond acceptors (Lipinski definition) is 4. The highest BCUT2D eigenvalue weighted by atomic mass is 16.5. The molecule has 0 saturated heterocycles. The minimum Gasteiger partial charge on any atom is -0.492 e. The Labute approximate surface area is 170 Å². The van der Waals surface area contributed by atoms with Crippen LogP contribution in [0, 0.1) is 20.8 Å². The van der Waals surface area contributed by atoms with Gasteiger partial charge in [0.15, 0.2) is 0 Å². The van der Waals surface area contributed by atoms with E-state index >= 15 is 0 Å². The van der Waals surface area contributed by atoms with E-state index in [1.54, 1.807) is 41.6 Å². The van der Waals surface area contributed by atoms with E-state index in [2.05, 4.69) is 11.1 Å². The lowest BCUT2D eigenvalue weighted by Crippen LogP contribution is -2.31. The fourth-order valence-electron chi connectivity index (χ4n) is 3.46. The molecule has 0 bridgehead atoms. The van der Waals surface area contributed by atoms with Gasteiger partial charge in [-0.15, -0.1) is 0 Å². The molecule has 29 heavy (non-hydrogen) atoms. The van der Waals surface area contributed by atoms with Gasteiger partial charge in [0.1, 0.15) is 18.1 Å². The number of aryl methyl sites for hydroxylation is 4. The van der Waals surface area contributed by atoms with E-state index in [4.69, 9.17) is 4.74 Å². The predicted molar refractivity (Wildman–Crippen MR) is 115 cm³/mol. The molecule has 0 aliphatic carbocycles. The second kappa shape index (κ2) is 8.47. The van der Waals surface area contributed by atoms with Gasteiger partial charge in [0, 0.05) is 19.2 Å². The predicted octanol–water partition coefficient (Wildman–Crippen LogP) is 3.49. The van der Waals surface area contributed by atoms with Crippen molar-refractivity contribution in [2.24, 2.45) is 0 Å². The summed E-state index contributed by atoms with van der Waals surface area (Å²) >= 11 is 0. The van der Waals surface area contributed by atoms with E-state index in [1.807, 2.05) is 32.9 Å². The van der Waals surface area contributed by atoms with Crippen LogP contribution in [0.4, 0.5) is 0 Å². The third kappa shape index (κ3) is 4.47. The van der Waals surface area contributed by atoms with E-state index in [0.717, 1.165) is 22.4 Å². The van der Waals surface area contributed by atoms with Crippen LogP contribution in [0.15, 0.2) is 41.2 Å². The first-order valence-corrected chi connectivity index (χ1v) is 9.78. The maximum Gasteiger partial charge on any atom is 0.272 e. The maximum absolute atomic E-state index is 12.8. The SMILES string of the molecule is CCn1c(=O)c(C)nc2cc(C(=O)N(C)CCOc3cc(C)cc(C)c3)ccc21. The Bertz CT molecular complexity index is 1100. The molecule has 3 aromatic rings. The average molecular weight is 393 g/mol. The van der Waals surface area contributed by atoms with Crippen LogP contribution in [0.25, 0.3) is 11.0 Å². The third-order valence-electron chi connectivity index (χ3n) is 4.91. The Morgan fingerprint density at radius 3 is 2.45 bits per heavy atom. The van der Waals surface area contributed by atoms with Crippen LogP contribution in [-0.2, 0) is 6.54 Å². The number of carbonyl (C=O) groups is 1. The number of aromatic nitrogens is 2. The lowest BCUT2D eigenvalue weighted by Gasteiger charge is -2.18. The number of ether oxygens (including phenoxy) is 1. The van der Waals surface area contributed by atoms with E-state index in [1.165, 1.54) is 0 Å². The summed E-state index contributed by atoms with van der Waals surface area (Å²) in [5, 5.41) is 0. The van der Waals surface area contributed by atoms with Gasteiger partial charge in [0.05, 0.1) is 17.6 Å². The quantitative estimate of drug-likeness (QED) is 0.643. The van der Waals surface area contributed by atoms with Gasteiger partial charge in [-0.05, 0) is 69.2 Å². The molecule has 0 aliphatic rings. The van der Waals surface area contributed by atoms with Gasteiger partial charge in [-0.2, -0.15) is 0 Å². The largest absolute Gasteiger partial charge is 0.492 e. The molecule has 0 aliphatic heterocycles. The maximum atomic E-state index is 12.8. The molecule has 1 aromatic heterocycles. The molecule has 6 nitrogen and oxygen atoms in total. The van der Waals surface area contributed by atoms with Crippen LogP contribution in [0.2, 0.25) is 0 Å². The number of rotatable bonds is 6. The molecule has 0 fully saturated rings. The van der Waals surface area contributed by atoms with E-state index in [9.17, 15) is 9.59 Å². The van der Waals surface area contributed by atoms with E-state index in [0.29, 0.717) is 36.5 Å². The van der Waals surface area contributed by atoms with Crippen molar-refractivity contribution in [3.63, 3.8) is 0 Å². The number of carbonyl (C=O) groups excluding carboxylic acids is 1. The summed E-state index contributed by atoms with van der Waals surface area (Å²) in [7, 11) is 1.75. The number of fused-ring (bicyclic) bond motifs is 1. The van der Waals surface area contributed by atoms with Crippen molar-refractivity contribution >= 4 is 16.9 Å². The Morgan fingerprint density at radius 2 is 1.79 bits per heavy atom. The first-order chi connectivity index (χ1) is 13.8. The van der Waals surface area contributed by atoms with Gasteiger partial charge >= 0.3 is 0 Å². The smallest absolute Gasteiger partial charge is 0.272 e. The number of amides is 1. The second-order valence-corrected chi connectivity index (χ2v) is 7.35. The van der Waals surface area contributed by atoms with Crippen LogP contribution in [0.5, 0.6) is 5.75 Å². The minimum atomic E-state index is -0.107. The second-order valence-electron chi connectivity index (χ2n) is 7.35. The molecule has 152 valence electrons. The standard InChI is InChI=1S/C23H27N3O3/c1-6-26-21-8-7-18(14-20(21)24-17(4)22(26)27)23(28)25(5)9-10-29-19-12-15(2)11-16(3)13-19/h7-8,11-14H,6,9-10H2,1-5H3. The Hall–Kier alpha value is -3.15. The molecule has 0 atom stereocenters.